The first-order chi connectivity index (χ1) is 10.7. The van der Waals surface area contributed by atoms with Gasteiger partial charge in [0.2, 0.25) is 0 Å². The molecule has 0 fully saturated rings. The highest BCUT2D eigenvalue weighted by molar-refractivity contribution is 7.15. The van der Waals surface area contributed by atoms with Gasteiger partial charge in [0.25, 0.3) is 0 Å². The molecule has 0 saturated heterocycles. The highest BCUT2D eigenvalue weighted by Gasteiger charge is 2.04. The molecule has 0 atom stereocenters. The van der Waals surface area contributed by atoms with E-state index < -0.39 is 0 Å². The van der Waals surface area contributed by atoms with Crippen LogP contribution in [0.5, 0.6) is 0 Å². The monoisotopic (exact) mass is 312 g/mol. The third kappa shape index (κ3) is 3.78. The Hall–Kier alpha value is -2.04. The molecular formula is C18H17FN2S. The maximum absolute atomic E-state index is 12.8. The molecule has 22 heavy (non-hydrogen) atoms. The molecule has 0 aliphatic rings. The standard InChI is InChI=1S/C18H17FN2S/c1-13-3-2-4-15(9-13)17-11-21-18(22-17)12-20-10-14-5-7-16(19)8-6-14/h2-9,11,20H,10,12H2,1H3. The van der Waals surface area contributed by atoms with Crippen molar-refractivity contribution in [3.63, 3.8) is 0 Å². The fraction of sp³-hybridized carbons (Fsp3) is 0.167. The topological polar surface area (TPSA) is 24.9 Å². The Morgan fingerprint density at radius 1 is 1.09 bits per heavy atom. The normalized spacial score (nSPS) is 10.8. The van der Waals surface area contributed by atoms with E-state index in [1.807, 2.05) is 6.20 Å². The van der Waals surface area contributed by atoms with Gasteiger partial charge in [-0.1, -0.05) is 42.0 Å². The Morgan fingerprint density at radius 2 is 1.91 bits per heavy atom. The summed E-state index contributed by atoms with van der Waals surface area (Å²) >= 11 is 1.70. The van der Waals surface area contributed by atoms with Crippen molar-refractivity contribution in [2.45, 2.75) is 20.0 Å². The molecule has 0 saturated carbocycles. The van der Waals surface area contributed by atoms with Gasteiger partial charge in [0.05, 0.1) is 4.88 Å². The van der Waals surface area contributed by atoms with E-state index in [-0.39, 0.29) is 5.82 Å². The van der Waals surface area contributed by atoms with Crippen LogP contribution in [0.2, 0.25) is 0 Å². The third-order valence-corrected chi connectivity index (χ3v) is 4.42. The highest BCUT2D eigenvalue weighted by Crippen LogP contribution is 2.26. The molecule has 3 aromatic rings. The minimum Gasteiger partial charge on any atom is -0.306 e. The third-order valence-electron chi connectivity index (χ3n) is 3.37. The molecule has 0 bridgehead atoms. The molecule has 0 radical (unpaired) electrons. The van der Waals surface area contributed by atoms with Crippen molar-refractivity contribution in [1.82, 2.24) is 10.3 Å². The van der Waals surface area contributed by atoms with Gasteiger partial charge in [0.15, 0.2) is 0 Å². The molecule has 0 unspecified atom stereocenters. The maximum Gasteiger partial charge on any atom is 0.123 e. The first kappa shape index (κ1) is 14.9. The number of hydrogen-bond donors (Lipinski definition) is 1. The predicted molar refractivity (Wildman–Crippen MR) is 89.2 cm³/mol. The minimum atomic E-state index is -0.202. The van der Waals surface area contributed by atoms with E-state index in [0.29, 0.717) is 13.1 Å². The van der Waals surface area contributed by atoms with Crippen LogP contribution in [-0.4, -0.2) is 4.98 Å². The summed E-state index contributed by atoms with van der Waals surface area (Å²) in [6, 6.07) is 15.0. The van der Waals surface area contributed by atoms with Crippen LogP contribution in [0.15, 0.2) is 54.7 Å². The molecule has 0 aliphatic carbocycles. The van der Waals surface area contributed by atoms with Crippen molar-refractivity contribution in [2.24, 2.45) is 0 Å². The lowest BCUT2D eigenvalue weighted by Gasteiger charge is -2.02. The molecule has 1 N–H and O–H groups in total. The van der Waals surface area contributed by atoms with Crippen LogP contribution in [0.25, 0.3) is 10.4 Å². The Morgan fingerprint density at radius 3 is 2.68 bits per heavy atom. The molecule has 3 rings (SSSR count). The lowest BCUT2D eigenvalue weighted by atomic mass is 10.1. The van der Waals surface area contributed by atoms with Gasteiger partial charge in [-0.15, -0.1) is 11.3 Å². The van der Waals surface area contributed by atoms with Gasteiger partial charge in [0.1, 0.15) is 10.8 Å². The van der Waals surface area contributed by atoms with E-state index in [2.05, 4.69) is 41.5 Å². The SMILES string of the molecule is Cc1cccc(-c2cnc(CNCc3ccc(F)cc3)s2)c1. The number of aromatic nitrogens is 1. The molecule has 0 spiro atoms. The molecule has 112 valence electrons. The molecule has 0 amide bonds. The van der Waals surface area contributed by atoms with Gasteiger partial charge in [-0.2, -0.15) is 0 Å². The van der Waals surface area contributed by atoms with Gasteiger partial charge in [-0.05, 0) is 30.2 Å². The van der Waals surface area contributed by atoms with Crippen LogP contribution in [-0.2, 0) is 13.1 Å². The van der Waals surface area contributed by atoms with Gasteiger partial charge < -0.3 is 5.32 Å². The van der Waals surface area contributed by atoms with E-state index in [4.69, 9.17) is 0 Å². The van der Waals surface area contributed by atoms with Gasteiger partial charge >= 0.3 is 0 Å². The largest absolute Gasteiger partial charge is 0.306 e. The molecular weight excluding hydrogens is 295 g/mol. The number of aryl methyl sites for hydroxylation is 1. The fourth-order valence-corrected chi connectivity index (χ4v) is 3.12. The van der Waals surface area contributed by atoms with E-state index in [1.54, 1.807) is 23.5 Å². The van der Waals surface area contributed by atoms with Crippen LogP contribution < -0.4 is 5.32 Å². The van der Waals surface area contributed by atoms with Gasteiger partial charge in [-0.25, -0.2) is 9.37 Å². The van der Waals surface area contributed by atoms with Gasteiger partial charge in [-0.3, -0.25) is 0 Å². The number of halogens is 1. The van der Waals surface area contributed by atoms with Crippen molar-refractivity contribution in [3.8, 4) is 10.4 Å². The van der Waals surface area contributed by atoms with Crippen molar-refractivity contribution in [3.05, 3.63) is 76.7 Å². The molecule has 1 heterocycles. The second-order valence-electron chi connectivity index (χ2n) is 5.22. The average Bonchev–Trinajstić information content (AvgIpc) is 2.98. The Labute approximate surface area is 133 Å². The van der Waals surface area contributed by atoms with E-state index in [9.17, 15) is 4.39 Å². The van der Waals surface area contributed by atoms with Gasteiger partial charge in [0, 0.05) is 19.3 Å². The number of nitrogens with one attached hydrogen (secondary N) is 1. The van der Waals surface area contributed by atoms with Crippen molar-refractivity contribution in [1.29, 1.82) is 0 Å². The summed E-state index contributed by atoms with van der Waals surface area (Å²) in [4.78, 5) is 5.65. The van der Waals surface area contributed by atoms with Crippen LogP contribution in [0, 0.1) is 12.7 Å². The second kappa shape index (κ2) is 6.81. The lowest BCUT2D eigenvalue weighted by Crippen LogP contribution is -2.12. The molecule has 1 aromatic heterocycles. The Bertz CT molecular complexity index is 750. The number of nitrogens with zero attached hydrogens (tertiary/aromatic N) is 1. The Balaban J connectivity index is 1.59. The first-order valence-corrected chi connectivity index (χ1v) is 7.99. The van der Waals surface area contributed by atoms with Crippen LogP contribution >= 0.6 is 11.3 Å². The van der Waals surface area contributed by atoms with E-state index in [1.165, 1.54) is 28.1 Å². The Kier molecular flexibility index (Phi) is 4.61. The molecule has 2 nitrogen and oxygen atoms in total. The molecule has 0 aliphatic heterocycles. The van der Waals surface area contributed by atoms with Crippen molar-refractivity contribution in [2.75, 3.05) is 0 Å². The lowest BCUT2D eigenvalue weighted by molar-refractivity contribution is 0.625. The minimum absolute atomic E-state index is 0.202. The van der Waals surface area contributed by atoms with Crippen LogP contribution in [0.4, 0.5) is 4.39 Å². The first-order valence-electron chi connectivity index (χ1n) is 7.17. The van der Waals surface area contributed by atoms with Crippen LogP contribution in [0.1, 0.15) is 16.1 Å². The number of hydrogen-bond acceptors (Lipinski definition) is 3. The number of benzene rings is 2. The highest BCUT2D eigenvalue weighted by atomic mass is 32.1. The number of rotatable bonds is 5. The van der Waals surface area contributed by atoms with E-state index in [0.717, 1.165) is 10.6 Å². The molecule has 2 aromatic carbocycles. The zero-order valence-electron chi connectivity index (χ0n) is 12.3. The van der Waals surface area contributed by atoms with Crippen molar-refractivity contribution >= 4 is 11.3 Å². The average molecular weight is 312 g/mol. The summed E-state index contributed by atoms with van der Waals surface area (Å²) in [5, 5.41) is 4.39. The summed E-state index contributed by atoms with van der Waals surface area (Å²) in [5.74, 6) is -0.202. The number of thiazole rings is 1. The molecule has 4 heteroatoms. The zero-order valence-corrected chi connectivity index (χ0v) is 13.2. The summed E-state index contributed by atoms with van der Waals surface area (Å²) < 4.78 is 12.8. The predicted octanol–water partition coefficient (Wildman–Crippen LogP) is 4.55. The fourth-order valence-electron chi connectivity index (χ4n) is 2.24. The van der Waals surface area contributed by atoms with E-state index >= 15 is 0 Å². The smallest absolute Gasteiger partial charge is 0.123 e. The summed E-state index contributed by atoms with van der Waals surface area (Å²) in [7, 11) is 0. The summed E-state index contributed by atoms with van der Waals surface area (Å²) in [6.07, 6.45) is 1.92. The van der Waals surface area contributed by atoms with Crippen molar-refractivity contribution < 1.29 is 4.39 Å². The maximum atomic E-state index is 12.8. The van der Waals surface area contributed by atoms with Crippen LogP contribution in [0.3, 0.4) is 0 Å². The second-order valence-corrected chi connectivity index (χ2v) is 6.33. The summed E-state index contributed by atoms with van der Waals surface area (Å²) in [6.45, 7) is 3.52. The quantitative estimate of drug-likeness (QED) is 0.748. The zero-order chi connectivity index (χ0) is 15.4. The summed E-state index contributed by atoms with van der Waals surface area (Å²) in [5.41, 5.74) is 3.53.